The van der Waals surface area contributed by atoms with Crippen molar-refractivity contribution in [1.82, 2.24) is 0 Å². The molecule has 0 aromatic rings. The monoisotopic (exact) mass is 365 g/mol. The van der Waals surface area contributed by atoms with E-state index < -0.39 is 0 Å². The minimum atomic E-state index is 0.0534. The van der Waals surface area contributed by atoms with Gasteiger partial charge in [-0.05, 0) is 87.2 Å². The van der Waals surface area contributed by atoms with Crippen molar-refractivity contribution < 1.29 is 4.74 Å². The molecule has 146 valence electrons. The van der Waals surface area contributed by atoms with Crippen LogP contribution in [-0.4, -0.2) is 24.5 Å². The molecule has 5 aliphatic rings. The lowest BCUT2D eigenvalue weighted by molar-refractivity contribution is -0.0213. The van der Waals surface area contributed by atoms with Crippen LogP contribution in [0.15, 0.2) is 40.4 Å². The fourth-order valence-corrected chi connectivity index (χ4v) is 6.71. The molecule has 27 heavy (non-hydrogen) atoms. The first-order chi connectivity index (χ1) is 13.3. The third-order valence-corrected chi connectivity index (χ3v) is 8.39. The average Bonchev–Trinajstić information content (AvgIpc) is 3.13. The van der Waals surface area contributed by atoms with Crippen LogP contribution in [0.4, 0.5) is 0 Å². The van der Waals surface area contributed by atoms with E-state index in [9.17, 15) is 0 Å². The Morgan fingerprint density at radius 1 is 1.11 bits per heavy atom. The molecule has 0 bridgehead atoms. The molecule has 0 N–H and O–H groups in total. The van der Waals surface area contributed by atoms with Gasteiger partial charge in [0.15, 0.2) is 0 Å². The molecule has 2 fully saturated rings. The van der Waals surface area contributed by atoms with Gasteiger partial charge in [-0.25, -0.2) is 0 Å². The summed E-state index contributed by atoms with van der Waals surface area (Å²) in [5.41, 5.74) is 3.11. The first kappa shape index (κ1) is 17.9. The van der Waals surface area contributed by atoms with Gasteiger partial charge < -0.3 is 4.74 Å². The standard InChI is InChI=1S/C25H35NO/c1-18-22-8-5-7-20(23(22)16-26-18)11-10-19-12-14-25(15-13-19)24-9-4-2-3-6-21(24)17-27-25/h2-4,9,16,18-20,22-23H,5-8,10-15,17H2,1H3. The van der Waals surface area contributed by atoms with Gasteiger partial charge in [-0.1, -0.05) is 37.1 Å². The molecule has 4 unspecified atom stereocenters. The zero-order valence-corrected chi connectivity index (χ0v) is 16.9. The van der Waals surface area contributed by atoms with Crippen molar-refractivity contribution in [3.05, 3.63) is 35.5 Å². The Morgan fingerprint density at radius 2 is 2.00 bits per heavy atom. The number of ether oxygens (including phenoxy) is 1. The SMILES string of the molecule is CC1N=CC2C(CCC3CCC4(CC3)OCC3=C4C=CC=CC3)CCCC12. The van der Waals surface area contributed by atoms with E-state index in [-0.39, 0.29) is 5.60 Å². The maximum Gasteiger partial charge on any atom is 0.0936 e. The summed E-state index contributed by atoms with van der Waals surface area (Å²) in [4.78, 5) is 4.76. The molecule has 2 saturated carbocycles. The first-order valence-corrected chi connectivity index (χ1v) is 11.5. The number of aliphatic imine (C=N–C) groups is 1. The summed E-state index contributed by atoms with van der Waals surface area (Å²) in [7, 11) is 0. The van der Waals surface area contributed by atoms with Gasteiger partial charge in [0.2, 0.25) is 0 Å². The van der Waals surface area contributed by atoms with Crippen LogP contribution in [-0.2, 0) is 4.74 Å². The molecule has 0 saturated heterocycles. The number of fused-ring (bicyclic) bond motifs is 2. The second-order valence-electron chi connectivity index (χ2n) is 9.78. The zero-order chi connectivity index (χ0) is 18.3. The van der Waals surface area contributed by atoms with Crippen LogP contribution in [0.3, 0.4) is 0 Å². The van der Waals surface area contributed by atoms with Crippen molar-refractivity contribution in [3.8, 4) is 0 Å². The third-order valence-electron chi connectivity index (χ3n) is 8.39. The average molecular weight is 366 g/mol. The van der Waals surface area contributed by atoms with E-state index >= 15 is 0 Å². The summed E-state index contributed by atoms with van der Waals surface area (Å²) in [6.07, 6.45) is 24.7. The van der Waals surface area contributed by atoms with Crippen LogP contribution in [0, 0.1) is 23.7 Å². The van der Waals surface area contributed by atoms with Crippen molar-refractivity contribution in [2.24, 2.45) is 28.7 Å². The number of rotatable bonds is 3. The summed E-state index contributed by atoms with van der Waals surface area (Å²) in [5.74, 6) is 3.46. The minimum Gasteiger partial charge on any atom is -0.366 e. The molecule has 0 aromatic carbocycles. The normalized spacial score (nSPS) is 43.2. The van der Waals surface area contributed by atoms with E-state index in [1.54, 1.807) is 0 Å². The molecule has 1 spiro atoms. The number of nitrogens with zero attached hydrogens (tertiary/aromatic N) is 1. The van der Waals surface area contributed by atoms with Crippen LogP contribution >= 0.6 is 0 Å². The molecule has 2 nitrogen and oxygen atoms in total. The predicted molar refractivity (Wildman–Crippen MR) is 112 cm³/mol. The highest BCUT2D eigenvalue weighted by Gasteiger charge is 2.44. The molecule has 3 aliphatic carbocycles. The molecular weight excluding hydrogens is 330 g/mol. The maximum atomic E-state index is 6.42. The van der Waals surface area contributed by atoms with Crippen LogP contribution in [0.1, 0.15) is 71.1 Å². The number of hydrogen-bond acceptors (Lipinski definition) is 2. The fourth-order valence-electron chi connectivity index (χ4n) is 6.71. The Labute approximate surface area is 164 Å². The lowest BCUT2D eigenvalue weighted by Gasteiger charge is -2.39. The van der Waals surface area contributed by atoms with Crippen LogP contribution in [0.2, 0.25) is 0 Å². The number of allylic oxidation sites excluding steroid dienone is 3. The lowest BCUT2D eigenvalue weighted by atomic mass is 9.68. The largest absolute Gasteiger partial charge is 0.366 e. The molecule has 0 radical (unpaired) electrons. The first-order valence-electron chi connectivity index (χ1n) is 11.5. The van der Waals surface area contributed by atoms with E-state index in [1.807, 2.05) is 0 Å². The molecule has 2 heterocycles. The van der Waals surface area contributed by atoms with Crippen molar-refractivity contribution in [2.75, 3.05) is 6.61 Å². The quantitative estimate of drug-likeness (QED) is 0.597. The van der Waals surface area contributed by atoms with E-state index in [4.69, 9.17) is 9.73 Å². The molecular formula is C25H35NO. The minimum absolute atomic E-state index is 0.0534. The maximum absolute atomic E-state index is 6.42. The highest BCUT2D eigenvalue weighted by Crippen LogP contribution is 2.48. The van der Waals surface area contributed by atoms with E-state index in [0.717, 1.165) is 36.7 Å². The number of hydrogen-bond donors (Lipinski definition) is 0. The molecule has 2 aliphatic heterocycles. The van der Waals surface area contributed by atoms with E-state index in [1.165, 1.54) is 68.9 Å². The van der Waals surface area contributed by atoms with Crippen molar-refractivity contribution in [1.29, 1.82) is 0 Å². The summed E-state index contributed by atoms with van der Waals surface area (Å²) >= 11 is 0. The summed E-state index contributed by atoms with van der Waals surface area (Å²) in [6, 6.07) is 0.580. The Balaban J connectivity index is 1.16. The third kappa shape index (κ3) is 3.28. The van der Waals surface area contributed by atoms with Crippen LogP contribution in [0.25, 0.3) is 0 Å². The van der Waals surface area contributed by atoms with Crippen molar-refractivity contribution >= 4 is 6.21 Å². The second kappa shape index (κ2) is 7.35. The van der Waals surface area contributed by atoms with Gasteiger partial charge in [-0.2, -0.15) is 0 Å². The van der Waals surface area contributed by atoms with Gasteiger partial charge in [0.1, 0.15) is 0 Å². The van der Waals surface area contributed by atoms with Gasteiger partial charge >= 0.3 is 0 Å². The molecule has 0 aromatic heterocycles. The Hall–Kier alpha value is -1.15. The molecule has 2 heteroatoms. The van der Waals surface area contributed by atoms with Gasteiger partial charge in [0, 0.05) is 12.1 Å². The lowest BCUT2D eigenvalue weighted by Crippen LogP contribution is -2.36. The summed E-state index contributed by atoms with van der Waals surface area (Å²) in [6.45, 7) is 3.18. The van der Waals surface area contributed by atoms with Crippen molar-refractivity contribution in [3.63, 3.8) is 0 Å². The van der Waals surface area contributed by atoms with Gasteiger partial charge in [-0.15, -0.1) is 0 Å². The fraction of sp³-hybridized carbons (Fsp3) is 0.720. The summed E-state index contributed by atoms with van der Waals surface area (Å²) < 4.78 is 6.42. The summed E-state index contributed by atoms with van der Waals surface area (Å²) in [5, 5.41) is 0. The Bertz CT molecular complexity index is 676. The van der Waals surface area contributed by atoms with E-state index in [2.05, 4.69) is 37.4 Å². The molecule has 4 atom stereocenters. The Morgan fingerprint density at radius 3 is 2.89 bits per heavy atom. The van der Waals surface area contributed by atoms with Gasteiger partial charge in [0.25, 0.3) is 0 Å². The zero-order valence-electron chi connectivity index (χ0n) is 16.9. The second-order valence-corrected chi connectivity index (χ2v) is 9.78. The van der Waals surface area contributed by atoms with Crippen LogP contribution in [0.5, 0.6) is 0 Å². The molecule has 5 rings (SSSR count). The predicted octanol–water partition coefficient (Wildman–Crippen LogP) is 6.04. The van der Waals surface area contributed by atoms with Crippen LogP contribution < -0.4 is 0 Å². The topological polar surface area (TPSA) is 21.6 Å². The van der Waals surface area contributed by atoms with E-state index in [0.29, 0.717) is 6.04 Å². The van der Waals surface area contributed by atoms with Gasteiger partial charge in [0.05, 0.1) is 18.2 Å². The highest BCUT2D eigenvalue weighted by molar-refractivity contribution is 5.65. The van der Waals surface area contributed by atoms with Gasteiger partial charge in [-0.3, -0.25) is 4.99 Å². The smallest absolute Gasteiger partial charge is 0.0936 e. The highest BCUT2D eigenvalue weighted by atomic mass is 16.5. The molecule has 0 amide bonds. The van der Waals surface area contributed by atoms with Crippen molar-refractivity contribution in [2.45, 2.75) is 82.8 Å². The Kier molecular flexibility index (Phi) is 4.88.